The molecule has 1 N–H and O–H groups in total. The number of ether oxygens (including phenoxy) is 10. The second-order valence-corrected chi connectivity index (χ2v) is 41.6. The van der Waals surface area contributed by atoms with E-state index in [4.69, 9.17) is 52.5 Å². The van der Waals surface area contributed by atoms with Crippen molar-refractivity contribution < 1.29 is 167 Å². The number of hydrogen-bond acceptors (Lipinski definition) is 34. The number of hydrogen-bond donors (Lipinski definition) is 1. The molecular weight excluding hydrogens is 1580 g/mol. The van der Waals surface area contributed by atoms with E-state index in [1.807, 2.05) is 0 Å². The minimum Gasteiger partial charge on any atom is -0.766 e. The van der Waals surface area contributed by atoms with Gasteiger partial charge in [-0.05, 0) is 87.5 Å². The van der Waals surface area contributed by atoms with Gasteiger partial charge < -0.3 is 57.0 Å². The molecule has 562 valence electrons. The van der Waals surface area contributed by atoms with Crippen molar-refractivity contribution in [2.75, 3.05) is 134 Å². The molecule has 0 saturated carbocycles. The van der Waals surface area contributed by atoms with Gasteiger partial charge in [0.2, 0.25) is 37.4 Å². The Hall–Kier alpha value is -2.79. The molecule has 0 radical (unpaired) electrons. The normalized spacial score (nSPS) is 14.2. The first-order valence-electron chi connectivity index (χ1n) is 28.2. The van der Waals surface area contributed by atoms with Gasteiger partial charge in [0.1, 0.15) is 48.2 Å². The standard InChI is InChI=1S/C34H38O13S6.C14H30O15S4.C6H6O2S2.C2H6O.Na/c35-50(36,31-13-5-1-6-14-31)27-44-23-29(46-25-48-52(39,40)33-17-9-3-10-18-33)21-43-22-30(24-45-28-51(37,38)32-15-7-2-8-16-32)47-26-49-53(41,42)34-19-11-4-12-20-34;1-30(15,16)11-24-7-13(26-9-28-32(3,19)20)5-23-6-14(8-25-12-31(2,17)18)27-10-29-33(4,21)22;7-10(8,9)6-4-2-1-3-5-6;1-2-3;/h1-20,29-30H,21-28H2;13-14H,5-12H2,1-4H3;1-5H,(H,7,8,9);3H,2H2,1H3;/q;;;;+1/p-1. The van der Waals surface area contributed by atoms with Gasteiger partial charge in [0, 0.05) is 45.6 Å². The van der Waals surface area contributed by atoms with Crippen LogP contribution in [0.2, 0.25) is 0 Å². The molecule has 0 amide bonds. The van der Waals surface area contributed by atoms with E-state index >= 15 is 0 Å². The van der Waals surface area contributed by atoms with Gasteiger partial charge in [-0.1, -0.05) is 91.0 Å². The molecule has 5 atom stereocenters. The van der Waals surface area contributed by atoms with Crippen LogP contribution >= 0.6 is 21.6 Å². The van der Waals surface area contributed by atoms with Gasteiger partial charge in [-0.2, -0.15) is 16.8 Å². The number of benzene rings is 5. The number of sulfone groups is 4. The van der Waals surface area contributed by atoms with E-state index in [0.29, 0.717) is 21.6 Å². The molecule has 5 aromatic rings. The van der Waals surface area contributed by atoms with Crippen LogP contribution in [0.5, 0.6) is 0 Å². The summed E-state index contributed by atoms with van der Waals surface area (Å²) in [5, 5.41) is 7.57. The third kappa shape index (κ3) is 46.2. The van der Waals surface area contributed by atoms with E-state index in [2.05, 4.69) is 19.6 Å². The van der Waals surface area contributed by atoms with E-state index in [0.717, 1.165) is 25.0 Å². The second kappa shape index (κ2) is 48.4. The predicted molar refractivity (Wildman–Crippen MR) is 369 cm³/mol. The molecule has 0 heterocycles. The zero-order chi connectivity index (χ0) is 74.3. The van der Waals surface area contributed by atoms with E-state index in [1.54, 1.807) is 97.9 Å². The van der Waals surface area contributed by atoms with Crippen molar-refractivity contribution in [1.82, 2.24) is 0 Å². The molecule has 31 nitrogen and oxygen atoms in total. The van der Waals surface area contributed by atoms with Gasteiger partial charge in [0.15, 0.2) is 45.1 Å². The molecule has 0 aliphatic rings. The van der Waals surface area contributed by atoms with Crippen LogP contribution in [-0.4, -0.2) is 239 Å². The van der Waals surface area contributed by atoms with Crippen LogP contribution < -0.4 is 29.6 Å². The van der Waals surface area contributed by atoms with Crippen LogP contribution in [0.1, 0.15) is 6.92 Å². The average molecular weight is 1660 g/mol. The first-order valence-corrected chi connectivity index (χ1v) is 47.6. The largest absolute Gasteiger partial charge is 1.00 e. The maximum atomic E-state index is 12.8. The SMILES string of the molecule is CCO.CS(=O)(=O)COCC(COCC(COCS(C)(=O)=O)OCOS(C)(=O)=O)OCOS(C)(=O)=O.O=S(=O)(COCC(COCC(COCS(=O)(=O)c1ccccc1)OCSS(=O)(=O)c1ccccc1)OCSS(=O)(=O)c1ccccc1)c1ccccc1.O=S([O-])(=S)c1ccccc1.[Na+]. The summed E-state index contributed by atoms with van der Waals surface area (Å²) in [5.41, 5.74) is 0. The number of aliphatic hydroxyl groups is 1. The third-order valence-corrected chi connectivity index (χ3v) is 23.9. The summed E-state index contributed by atoms with van der Waals surface area (Å²) in [6, 6.07) is 38.8. The van der Waals surface area contributed by atoms with Crippen molar-refractivity contribution in [3.05, 3.63) is 152 Å². The molecule has 5 aromatic carbocycles. The van der Waals surface area contributed by atoms with Crippen molar-refractivity contribution in [2.24, 2.45) is 0 Å². The fourth-order valence-corrected chi connectivity index (χ4v) is 15.3. The number of rotatable bonds is 45. The summed E-state index contributed by atoms with van der Waals surface area (Å²) in [6.07, 6.45) is -0.346. The second-order valence-electron chi connectivity index (χ2n) is 19.9. The molecule has 5 rings (SSSR count). The Morgan fingerprint density at radius 1 is 0.370 bits per heavy atom. The summed E-state index contributed by atoms with van der Waals surface area (Å²) in [5.74, 6) is -3.31. The van der Waals surface area contributed by atoms with Crippen molar-refractivity contribution in [2.45, 2.75) is 55.8 Å². The van der Waals surface area contributed by atoms with Crippen molar-refractivity contribution >= 4 is 119 Å². The van der Waals surface area contributed by atoms with Crippen molar-refractivity contribution in [1.29, 1.82) is 0 Å². The molecule has 44 heteroatoms. The van der Waals surface area contributed by atoms with Gasteiger partial charge in [0.25, 0.3) is 20.2 Å². The van der Waals surface area contributed by atoms with Crippen LogP contribution in [0.25, 0.3) is 0 Å². The molecule has 0 bridgehead atoms. The molecule has 0 aromatic heterocycles. The van der Waals surface area contributed by atoms with E-state index < -0.39 is 148 Å². The maximum Gasteiger partial charge on any atom is 1.00 e. The van der Waals surface area contributed by atoms with E-state index in [1.165, 1.54) is 60.7 Å². The molecule has 5 unspecified atom stereocenters. The Balaban J connectivity index is 0.000000900. The van der Waals surface area contributed by atoms with Crippen LogP contribution in [0.4, 0.5) is 0 Å². The van der Waals surface area contributed by atoms with Gasteiger partial charge in [-0.3, -0.25) is 4.21 Å². The molecule has 0 fully saturated rings. The first-order chi connectivity index (χ1) is 46.2. The van der Waals surface area contributed by atoms with Gasteiger partial charge >= 0.3 is 29.6 Å². The van der Waals surface area contributed by atoms with Gasteiger partial charge in [0.05, 0.1) is 84.9 Å². The van der Waals surface area contributed by atoms with E-state index in [9.17, 15) is 76.1 Å². The van der Waals surface area contributed by atoms with Crippen LogP contribution in [-0.2, 0) is 153 Å². The zero-order valence-electron chi connectivity index (χ0n) is 54.9. The summed E-state index contributed by atoms with van der Waals surface area (Å²) in [7, 11) is -32.0. The summed E-state index contributed by atoms with van der Waals surface area (Å²) in [4.78, 5) is 0.449. The topological polar surface area (TPSA) is 444 Å². The first kappa shape index (κ1) is 95.2. The Morgan fingerprint density at radius 2 is 0.600 bits per heavy atom. The third-order valence-electron chi connectivity index (χ3n) is 10.9. The molecule has 0 saturated heterocycles. The predicted octanol–water partition coefficient (Wildman–Crippen LogP) is 0.432. The molecular formula is C56H79NaO31S12. The summed E-state index contributed by atoms with van der Waals surface area (Å²) >= 11 is 4.22. The zero-order valence-corrected chi connectivity index (χ0v) is 66.7. The Labute approximate surface area is 620 Å². The van der Waals surface area contributed by atoms with Crippen molar-refractivity contribution in [3.8, 4) is 0 Å². The van der Waals surface area contributed by atoms with Gasteiger partial charge in [-0.25, -0.2) is 58.9 Å². The summed E-state index contributed by atoms with van der Waals surface area (Å²) in [6.45, 7) is -1.64. The maximum absolute atomic E-state index is 12.8. The molecule has 0 spiro atoms. The van der Waals surface area contributed by atoms with Crippen LogP contribution in [0, 0.1) is 0 Å². The smallest absolute Gasteiger partial charge is 0.766 e. The minimum atomic E-state index is -3.81. The Kier molecular flexibility index (Phi) is 46.1. The molecule has 0 aliphatic carbocycles. The fraction of sp³-hybridized carbons (Fsp3) is 0.464. The van der Waals surface area contributed by atoms with Gasteiger partial charge in [-0.15, -0.1) is 0 Å². The molecule has 100 heavy (non-hydrogen) atoms. The summed E-state index contributed by atoms with van der Waals surface area (Å²) < 4.78 is 275. The minimum absolute atomic E-state index is 0. The quantitative estimate of drug-likeness (QED) is 0.0239. The van der Waals surface area contributed by atoms with Crippen LogP contribution in [0.3, 0.4) is 0 Å². The monoisotopic (exact) mass is 1650 g/mol. The van der Waals surface area contributed by atoms with Crippen LogP contribution in [0.15, 0.2) is 176 Å². The fourth-order valence-electron chi connectivity index (χ4n) is 6.57. The van der Waals surface area contributed by atoms with E-state index in [-0.39, 0.29) is 125 Å². The Bertz CT molecular complexity index is 3700. The molecule has 0 aliphatic heterocycles. The Morgan fingerprint density at radius 3 is 0.840 bits per heavy atom. The van der Waals surface area contributed by atoms with Crippen molar-refractivity contribution in [3.63, 3.8) is 0 Å². The number of aliphatic hydroxyl groups excluding tert-OH is 1. The average Bonchev–Trinajstić information content (AvgIpc) is 0.876.